The molecule has 0 heterocycles. The van der Waals surface area contributed by atoms with Crippen molar-refractivity contribution in [2.45, 2.75) is 96.8 Å². The zero-order valence-corrected chi connectivity index (χ0v) is 20.4. The van der Waals surface area contributed by atoms with Gasteiger partial charge in [0.25, 0.3) is 0 Å². The fraction of sp³-hybridized carbons (Fsp3) is 0.484. The maximum atomic E-state index is 3.90. The zero-order chi connectivity index (χ0) is 22.7. The lowest BCUT2D eigenvalue weighted by atomic mass is 9.70. The van der Waals surface area contributed by atoms with Gasteiger partial charge in [-0.05, 0) is 71.9 Å². The molecule has 0 aromatic heterocycles. The Morgan fingerprint density at radius 3 is 1.68 bits per heavy atom. The van der Waals surface area contributed by atoms with E-state index in [4.69, 9.17) is 0 Å². The summed E-state index contributed by atoms with van der Waals surface area (Å²) in [5.74, 6) is 0. The van der Waals surface area contributed by atoms with Crippen molar-refractivity contribution in [1.29, 1.82) is 0 Å². The van der Waals surface area contributed by atoms with Gasteiger partial charge >= 0.3 is 0 Å². The molecule has 0 aliphatic heterocycles. The molecule has 0 saturated heterocycles. The van der Waals surface area contributed by atoms with Gasteiger partial charge in [-0.3, -0.25) is 0 Å². The maximum Gasteiger partial charge on any atom is 0.0215 e. The van der Waals surface area contributed by atoms with Gasteiger partial charge in [0, 0.05) is 5.41 Å². The summed E-state index contributed by atoms with van der Waals surface area (Å²) in [7, 11) is 0. The molecule has 0 spiro atoms. The van der Waals surface area contributed by atoms with E-state index < -0.39 is 0 Å². The van der Waals surface area contributed by atoms with E-state index in [9.17, 15) is 0 Å². The molecule has 0 nitrogen and oxygen atoms in total. The Balaban J connectivity index is 0.00000166. The second kappa shape index (κ2) is 12.7. The summed E-state index contributed by atoms with van der Waals surface area (Å²) in [6, 6.07) is 14.6. The Bertz CT molecular complexity index is 772. The maximum absolute atomic E-state index is 3.90. The van der Waals surface area contributed by atoms with E-state index in [1.807, 2.05) is 0 Å². The van der Waals surface area contributed by atoms with Gasteiger partial charge < -0.3 is 0 Å². The Morgan fingerprint density at radius 1 is 0.710 bits per heavy atom. The van der Waals surface area contributed by atoms with Crippen LogP contribution in [0.4, 0.5) is 0 Å². The normalized spacial score (nSPS) is 13.1. The fourth-order valence-corrected chi connectivity index (χ4v) is 5.26. The number of hydrogen-bond acceptors (Lipinski definition) is 0. The van der Waals surface area contributed by atoms with E-state index in [1.54, 1.807) is 11.1 Å². The second-order valence-electron chi connectivity index (χ2n) is 8.89. The first-order valence-corrected chi connectivity index (χ1v) is 12.6. The molecule has 0 bridgehead atoms. The molecule has 0 amide bonds. The standard InChI is InChI=1S/C29H40.C2H4/c1-5-9-11-12-14-20-29(19-13-10-6-2)27-21-23(7-3)15-17-25(27)26-18-16-24(8-4)22-28(26)29;1-2/h5,15-18,21-22H,1,6-14,19-20H2,2-4H3;1-2H2. The summed E-state index contributed by atoms with van der Waals surface area (Å²) in [5, 5.41) is 0. The molecule has 0 heteroatoms. The van der Waals surface area contributed by atoms with Gasteiger partial charge in [0.1, 0.15) is 0 Å². The van der Waals surface area contributed by atoms with Crippen molar-refractivity contribution in [1.82, 2.24) is 0 Å². The highest BCUT2D eigenvalue weighted by Crippen LogP contribution is 2.54. The van der Waals surface area contributed by atoms with E-state index >= 15 is 0 Å². The number of unbranched alkanes of at least 4 members (excludes halogenated alkanes) is 5. The summed E-state index contributed by atoms with van der Waals surface area (Å²) < 4.78 is 0. The van der Waals surface area contributed by atoms with Crippen LogP contribution in [0.25, 0.3) is 11.1 Å². The molecule has 168 valence electrons. The van der Waals surface area contributed by atoms with Crippen LogP contribution in [0.1, 0.15) is 101 Å². The van der Waals surface area contributed by atoms with Crippen LogP contribution in [0, 0.1) is 0 Å². The average Bonchev–Trinajstić information content (AvgIpc) is 3.09. The van der Waals surface area contributed by atoms with Gasteiger partial charge in [-0.15, -0.1) is 19.7 Å². The molecule has 0 fully saturated rings. The summed E-state index contributed by atoms with van der Waals surface area (Å²) >= 11 is 0. The molecule has 1 aliphatic rings. The van der Waals surface area contributed by atoms with Crippen LogP contribution in [0.3, 0.4) is 0 Å². The third-order valence-electron chi connectivity index (χ3n) is 7.02. The van der Waals surface area contributed by atoms with Crippen LogP contribution in [0.15, 0.2) is 62.2 Å². The largest absolute Gasteiger partial charge is 0.106 e. The lowest BCUT2D eigenvalue weighted by molar-refractivity contribution is 0.403. The van der Waals surface area contributed by atoms with E-state index in [1.165, 1.54) is 73.6 Å². The molecule has 0 N–H and O–H groups in total. The molecule has 0 atom stereocenters. The lowest BCUT2D eigenvalue weighted by Crippen LogP contribution is -2.26. The van der Waals surface area contributed by atoms with Crippen molar-refractivity contribution in [3.63, 3.8) is 0 Å². The number of aryl methyl sites for hydroxylation is 2. The molecule has 2 aromatic rings. The predicted molar refractivity (Wildman–Crippen MR) is 140 cm³/mol. The van der Waals surface area contributed by atoms with Crippen molar-refractivity contribution < 1.29 is 0 Å². The lowest BCUT2D eigenvalue weighted by Gasteiger charge is -2.33. The molecular formula is C31H44. The van der Waals surface area contributed by atoms with Crippen LogP contribution in [0.5, 0.6) is 0 Å². The number of benzene rings is 2. The van der Waals surface area contributed by atoms with E-state index in [0.29, 0.717) is 0 Å². The number of rotatable bonds is 12. The van der Waals surface area contributed by atoms with Gasteiger partial charge in [0.05, 0.1) is 0 Å². The van der Waals surface area contributed by atoms with Crippen LogP contribution in [-0.4, -0.2) is 0 Å². The van der Waals surface area contributed by atoms with Crippen molar-refractivity contribution >= 4 is 0 Å². The van der Waals surface area contributed by atoms with Crippen LogP contribution >= 0.6 is 0 Å². The SMILES string of the molecule is C=C.C=CCCCCCC1(CCCCC)c2cc(CC)ccc2-c2ccc(CC)cc21. The third-order valence-corrected chi connectivity index (χ3v) is 7.02. The monoisotopic (exact) mass is 416 g/mol. The minimum Gasteiger partial charge on any atom is -0.106 e. The Hall–Kier alpha value is -2.08. The van der Waals surface area contributed by atoms with E-state index in [-0.39, 0.29) is 5.41 Å². The summed E-state index contributed by atoms with van der Waals surface area (Å²) in [6.45, 7) is 16.8. The summed E-state index contributed by atoms with van der Waals surface area (Å²) in [5.41, 5.74) is 9.44. The molecule has 0 saturated carbocycles. The van der Waals surface area contributed by atoms with Crippen molar-refractivity contribution in [2.24, 2.45) is 0 Å². The van der Waals surface area contributed by atoms with E-state index in [2.05, 4.69) is 83.0 Å². The predicted octanol–water partition coefficient (Wildman–Crippen LogP) is 9.60. The van der Waals surface area contributed by atoms with Crippen molar-refractivity contribution in [2.75, 3.05) is 0 Å². The van der Waals surface area contributed by atoms with Crippen LogP contribution in [-0.2, 0) is 18.3 Å². The smallest absolute Gasteiger partial charge is 0.0215 e. The fourth-order valence-electron chi connectivity index (χ4n) is 5.26. The highest BCUT2D eigenvalue weighted by molar-refractivity contribution is 5.81. The number of fused-ring (bicyclic) bond motifs is 3. The highest BCUT2D eigenvalue weighted by Gasteiger charge is 2.42. The quantitative estimate of drug-likeness (QED) is 0.238. The minimum absolute atomic E-state index is 0.213. The first-order chi connectivity index (χ1) is 15.2. The molecule has 2 aromatic carbocycles. The second-order valence-corrected chi connectivity index (χ2v) is 8.89. The topological polar surface area (TPSA) is 0 Å². The minimum atomic E-state index is 0.213. The van der Waals surface area contributed by atoms with Gasteiger partial charge in [-0.1, -0.05) is 95.3 Å². The number of hydrogen-bond donors (Lipinski definition) is 0. The van der Waals surface area contributed by atoms with Gasteiger partial charge in [-0.25, -0.2) is 0 Å². The van der Waals surface area contributed by atoms with Gasteiger partial charge in [0.2, 0.25) is 0 Å². The van der Waals surface area contributed by atoms with Gasteiger partial charge in [-0.2, -0.15) is 0 Å². The van der Waals surface area contributed by atoms with Crippen molar-refractivity contribution in [3.05, 3.63) is 84.5 Å². The summed E-state index contributed by atoms with van der Waals surface area (Å²) in [6.07, 6.45) is 15.9. The molecule has 1 aliphatic carbocycles. The van der Waals surface area contributed by atoms with Gasteiger partial charge in [0.15, 0.2) is 0 Å². The molecular weight excluding hydrogens is 372 g/mol. The third kappa shape index (κ3) is 5.59. The first kappa shape index (κ1) is 25.2. The Kier molecular flexibility index (Phi) is 10.3. The average molecular weight is 417 g/mol. The molecule has 31 heavy (non-hydrogen) atoms. The molecule has 3 rings (SSSR count). The molecule has 0 radical (unpaired) electrons. The first-order valence-electron chi connectivity index (χ1n) is 12.6. The Morgan fingerprint density at radius 2 is 1.23 bits per heavy atom. The van der Waals surface area contributed by atoms with Crippen LogP contribution in [0.2, 0.25) is 0 Å². The van der Waals surface area contributed by atoms with E-state index in [0.717, 1.165) is 19.3 Å². The summed E-state index contributed by atoms with van der Waals surface area (Å²) in [4.78, 5) is 0. The van der Waals surface area contributed by atoms with Crippen LogP contribution < -0.4 is 0 Å². The Labute approximate surface area is 192 Å². The van der Waals surface area contributed by atoms with Crippen molar-refractivity contribution in [3.8, 4) is 11.1 Å². The zero-order valence-electron chi connectivity index (χ0n) is 20.4. The number of allylic oxidation sites excluding steroid dienone is 1. The highest BCUT2D eigenvalue weighted by atomic mass is 14.4. The molecule has 0 unspecified atom stereocenters.